The van der Waals surface area contributed by atoms with Gasteiger partial charge in [0.05, 0.1) is 24.0 Å². The number of hydrogen-bond donors (Lipinski definition) is 2. The molecule has 2 aromatic carbocycles. The Labute approximate surface area is 202 Å². The molecule has 1 aliphatic rings. The van der Waals surface area contributed by atoms with Crippen LogP contribution in [-0.4, -0.2) is 26.7 Å². The number of carbonyl (C=O) groups excluding carboxylic acids is 1. The summed E-state index contributed by atoms with van der Waals surface area (Å²) in [5.41, 5.74) is 2.36. The highest BCUT2D eigenvalue weighted by atomic mass is 32.2. The minimum absolute atomic E-state index is 0.0215. The van der Waals surface area contributed by atoms with E-state index in [2.05, 4.69) is 42.9 Å². The summed E-state index contributed by atoms with van der Waals surface area (Å²) in [6, 6.07) is 10.2. The predicted molar refractivity (Wildman–Crippen MR) is 133 cm³/mol. The van der Waals surface area contributed by atoms with Crippen molar-refractivity contribution in [2.24, 2.45) is 0 Å². The van der Waals surface area contributed by atoms with Gasteiger partial charge < -0.3 is 10.1 Å². The van der Waals surface area contributed by atoms with Crippen molar-refractivity contribution >= 4 is 21.6 Å². The molecule has 8 heteroatoms. The molecule has 0 radical (unpaired) electrons. The smallest absolute Gasteiger partial charge is 0.229 e. The van der Waals surface area contributed by atoms with Crippen LogP contribution in [0.1, 0.15) is 76.0 Å². The molecule has 2 aromatic rings. The number of benzene rings is 2. The van der Waals surface area contributed by atoms with Crippen molar-refractivity contribution in [1.82, 2.24) is 5.32 Å². The molecule has 186 valence electrons. The molecule has 0 heterocycles. The molecular weight excluding hydrogens is 455 g/mol. The van der Waals surface area contributed by atoms with Gasteiger partial charge in [-0.25, -0.2) is 12.8 Å². The van der Waals surface area contributed by atoms with Crippen LogP contribution in [0.25, 0.3) is 0 Å². The van der Waals surface area contributed by atoms with Crippen molar-refractivity contribution in [1.29, 1.82) is 0 Å². The first kappa shape index (κ1) is 26.0. The molecule has 1 unspecified atom stereocenters. The summed E-state index contributed by atoms with van der Waals surface area (Å²) in [5, 5.41) is 2.94. The van der Waals surface area contributed by atoms with Gasteiger partial charge in [-0.15, -0.1) is 0 Å². The number of halogens is 1. The molecule has 2 N–H and O–H groups in total. The van der Waals surface area contributed by atoms with Crippen molar-refractivity contribution < 1.29 is 22.3 Å². The molecular formula is C26H35FN2O4S. The number of sulfonamides is 1. The van der Waals surface area contributed by atoms with Crippen LogP contribution in [0.15, 0.2) is 36.4 Å². The monoisotopic (exact) mass is 490 g/mol. The molecule has 1 fully saturated rings. The van der Waals surface area contributed by atoms with Crippen molar-refractivity contribution in [3.8, 4) is 5.75 Å². The van der Waals surface area contributed by atoms with E-state index < -0.39 is 21.8 Å². The zero-order valence-electron chi connectivity index (χ0n) is 20.6. The molecule has 34 heavy (non-hydrogen) atoms. The topological polar surface area (TPSA) is 84.5 Å². The van der Waals surface area contributed by atoms with Crippen LogP contribution in [0.4, 0.5) is 10.1 Å². The second-order valence-corrected chi connectivity index (χ2v) is 11.9. The molecule has 6 nitrogen and oxygen atoms in total. The Hall–Kier alpha value is -2.61. The highest BCUT2D eigenvalue weighted by molar-refractivity contribution is 7.92. The molecule has 0 aliphatic heterocycles. The quantitative estimate of drug-likeness (QED) is 0.530. The normalized spacial score (nSPS) is 15.7. The molecule has 0 aromatic heterocycles. The summed E-state index contributed by atoms with van der Waals surface area (Å²) in [5.74, 6) is -0.799. The first-order valence-electron chi connectivity index (χ1n) is 11.7. The third kappa shape index (κ3) is 6.95. The summed E-state index contributed by atoms with van der Waals surface area (Å²) in [7, 11) is -3.59. The number of ether oxygens (including phenoxy) is 1. The van der Waals surface area contributed by atoms with Gasteiger partial charge in [0.1, 0.15) is 11.6 Å². The van der Waals surface area contributed by atoms with Gasteiger partial charge in [0.15, 0.2) is 0 Å². The Bertz CT molecular complexity index is 1140. The van der Waals surface area contributed by atoms with E-state index in [0.29, 0.717) is 12.1 Å². The maximum Gasteiger partial charge on any atom is 0.229 e. The zero-order valence-corrected chi connectivity index (χ0v) is 21.4. The largest absolute Gasteiger partial charge is 0.490 e. The van der Waals surface area contributed by atoms with Crippen LogP contribution in [-0.2, 0) is 26.8 Å². The molecule has 3 rings (SSSR count). The van der Waals surface area contributed by atoms with Crippen molar-refractivity contribution in [3.63, 3.8) is 0 Å². The van der Waals surface area contributed by atoms with Gasteiger partial charge in [-0.05, 0) is 67.3 Å². The molecule has 0 saturated heterocycles. The maximum atomic E-state index is 14.4. The number of carbonyl (C=O) groups is 1. The average Bonchev–Trinajstić information content (AvgIpc) is 3.25. The van der Waals surface area contributed by atoms with Gasteiger partial charge in [0.25, 0.3) is 0 Å². The molecule has 0 spiro atoms. The Kier molecular flexibility index (Phi) is 7.91. The summed E-state index contributed by atoms with van der Waals surface area (Å²) >= 11 is 0. The Morgan fingerprint density at radius 1 is 1.15 bits per heavy atom. The van der Waals surface area contributed by atoms with Gasteiger partial charge in [-0.3, -0.25) is 9.52 Å². The number of nitrogens with one attached hydrogen (secondary N) is 2. The van der Waals surface area contributed by atoms with E-state index in [-0.39, 0.29) is 23.1 Å². The van der Waals surface area contributed by atoms with E-state index in [9.17, 15) is 17.6 Å². The number of rotatable bonds is 8. The van der Waals surface area contributed by atoms with Crippen molar-refractivity contribution in [3.05, 3.63) is 58.9 Å². The van der Waals surface area contributed by atoms with Crippen LogP contribution in [0.5, 0.6) is 5.75 Å². The number of anilines is 1. The maximum absolute atomic E-state index is 14.4. The Morgan fingerprint density at radius 2 is 1.82 bits per heavy atom. The Morgan fingerprint density at radius 3 is 2.41 bits per heavy atom. The van der Waals surface area contributed by atoms with Gasteiger partial charge in [0.2, 0.25) is 15.9 Å². The van der Waals surface area contributed by atoms with E-state index in [1.165, 1.54) is 30.5 Å². The SMILES string of the molecule is CC(C(=O)NCc1ccc(C(C)(C)C)cc1OC1CCCC1)c1ccc(NS(C)(=O)=O)c(F)c1. The fourth-order valence-electron chi connectivity index (χ4n) is 4.03. The van der Waals surface area contributed by atoms with Crippen LogP contribution in [0, 0.1) is 5.82 Å². The van der Waals surface area contributed by atoms with Gasteiger partial charge in [0, 0.05) is 12.1 Å². The standard InChI is InChI=1S/C26H35FN2O4S/c1-17(18-11-13-23(22(27)14-18)29-34(5,31)32)25(30)28-16-19-10-12-20(26(2,3)4)15-24(19)33-21-8-6-7-9-21/h10-15,17,21,29H,6-9,16H2,1-5H3,(H,28,30). The predicted octanol–water partition coefficient (Wildman–Crippen LogP) is 5.24. The number of amides is 1. The lowest BCUT2D eigenvalue weighted by Crippen LogP contribution is -2.28. The van der Waals surface area contributed by atoms with E-state index in [1.54, 1.807) is 13.0 Å². The average molecular weight is 491 g/mol. The Balaban J connectivity index is 1.72. The highest BCUT2D eigenvalue weighted by Crippen LogP contribution is 2.32. The lowest BCUT2D eigenvalue weighted by atomic mass is 9.86. The zero-order chi connectivity index (χ0) is 25.1. The van der Waals surface area contributed by atoms with E-state index in [1.807, 2.05) is 6.07 Å². The minimum Gasteiger partial charge on any atom is -0.490 e. The van der Waals surface area contributed by atoms with Crippen LogP contribution in [0.2, 0.25) is 0 Å². The minimum atomic E-state index is -3.59. The fourth-order valence-corrected chi connectivity index (χ4v) is 4.60. The van der Waals surface area contributed by atoms with Gasteiger partial charge in [-0.2, -0.15) is 0 Å². The fraction of sp³-hybridized carbons (Fsp3) is 0.500. The van der Waals surface area contributed by atoms with E-state index in [0.717, 1.165) is 30.4 Å². The van der Waals surface area contributed by atoms with Crippen LogP contribution in [0.3, 0.4) is 0 Å². The van der Waals surface area contributed by atoms with Gasteiger partial charge in [-0.1, -0.05) is 39.0 Å². The second kappa shape index (κ2) is 10.3. The molecule has 1 amide bonds. The summed E-state index contributed by atoms with van der Waals surface area (Å²) < 4.78 is 45.5. The highest BCUT2D eigenvalue weighted by Gasteiger charge is 2.22. The lowest BCUT2D eigenvalue weighted by Gasteiger charge is -2.23. The molecule has 1 saturated carbocycles. The molecule has 1 atom stereocenters. The van der Waals surface area contributed by atoms with Crippen LogP contribution >= 0.6 is 0 Å². The first-order valence-corrected chi connectivity index (χ1v) is 13.6. The van der Waals surface area contributed by atoms with Crippen LogP contribution < -0.4 is 14.8 Å². The molecule has 1 aliphatic carbocycles. The third-order valence-corrected chi connectivity index (χ3v) is 6.75. The first-order chi connectivity index (χ1) is 15.8. The summed E-state index contributed by atoms with van der Waals surface area (Å²) in [6.07, 6.45) is 5.57. The summed E-state index contributed by atoms with van der Waals surface area (Å²) in [4.78, 5) is 12.8. The van der Waals surface area contributed by atoms with Gasteiger partial charge >= 0.3 is 0 Å². The number of hydrogen-bond acceptors (Lipinski definition) is 4. The van der Waals surface area contributed by atoms with E-state index in [4.69, 9.17) is 4.74 Å². The molecule has 0 bridgehead atoms. The third-order valence-electron chi connectivity index (χ3n) is 6.16. The lowest BCUT2D eigenvalue weighted by molar-refractivity contribution is -0.122. The van der Waals surface area contributed by atoms with E-state index >= 15 is 0 Å². The van der Waals surface area contributed by atoms with Crippen molar-refractivity contribution in [2.45, 2.75) is 77.4 Å². The summed E-state index contributed by atoms with van der Waals surface area (Å²) in [6.45, 7) is 8.44. The second-order valence-electron chi connectivity index (χ2n) is 10.1. The van der Waals surface area contributed by atoms with Crippen molar-refractivity contribution in [2.75, 3.05) is 11.0 Å².